The Morgan fingerprint density at radius 2 is 1.92 bits per heavy atom. The van der Waals surface area contributed by atoms with Gasteiger partial charge in [0, 0.05) is 0 Å². The minimum absolute atomic E-state index is 0.460. The van der Waals surface area contributed by atoms with Gasteiger partial charge in [0.1, 0.15) is 0 Å². The number of aliphatic hydroxyl groups is 1. The summed E-state index contributed by atoms with van der Waals surface area (Å²) in [6, 6.07) is 0. The van der Waals surface area contributed by atoms with E-state index >= 15 is 0 Å². The van der Waals surface area contributed by atoms with Crippen LogP contribution < -0.4 is 0 Å². The quantitative estimate of drug-likeness (QED) is 0.541. The van der Waals surface area contributed by atoms with E-state index in [1.165, 1.54) is 13.8 Å². The minimum atomic E-state index is -4.77. The van der Waals surface area contributed by atoms with E-state index in [-0.39, 0.29) is 0 Å². The van der Waals surface area contributed by atoms with Crippen molar-refractivity contribution in [2.24, 2.45) is 0 Å². The van der Waals surface area contributed by atoms with Crippen LogP contribution >= 0.6 is 7.82 Å². The highest BCUT2D eigenvalue weighted by molar-refractivity contribution is 7.46. The monoisotopic (exact) mass is 198 g/mol. The molecule has 0 fully saturated rings. The van der Waals surface area contributed by atoms with Crippen LogP contribution in [0.25, 0.3) is 0 Å². The smallest absolute Gasteiger partial charge is 0.390 e. The molecule has 6 nitrogen and oxygen atoms in total. The van der Waals surface area contributed by atoms with E-state index in [1.807, 2.05) is 0 Å². The van der Waals surface area contributed by atoms with Crippen molar-refractivity contribution < 1.29 is 28.8 Å². The van der Waals surface area contributed by atoms with Crippen molar-refractivity contribution in [1.29, 1.82) is 0 Å². The molecule has 0 aromatic heterocycles. The summed E-state index contributed by atoms with van der Waals surface area (Å²) in [5.41, 5.74) is -1.33. The molecule has 0 bridgehead atoms. The highest BCUT2D eigenvalue weighted by Crippen LogP contribution is 2.36. The van der Waals surface area contributed by atoms with Crippen molar-refractivity contribution in [2.45, 2.75) is 25.9 Å². The SMILES string of the molecule is CC(C)(O)CC(=O)OP(=O)(O)O. The summed E-state index contributed by atoms with van der Waals surface area (Å²) in [4.78, 5) is 26.9. The number of hydrogen-bond acceptors (Lipinski definition) is 4. The molecule has 0 atom stereocenters. The van der Waals surface area contributed by atoms with Crippen LogP contribution in [0.2, 0.25) is 0 Å². The molecule has 0 spiro atoms. The topological polar surface area (TPSA) is 104 Å². The predicted molar refractivity (Wildman–Crippen MR) is 39.1 cm³/mol. The van der Waals surface area contributed by atoms with Crippen LogP contribution in [-0.4, -0.2) is 26.5 Å². The predicted octanol–water partition coefficient (Wildman–Crippen LogP) is -0.217. The van der Waals surface area contributed by atoms with Crippen LogP contribution in [0, 0.1) is 0 Å². The molecule has 0 amide bonds. The lowest BCUT2D eigenvalue weighted by molar-refractivity contribution is -0.139. The van der Waals surface area contributed by atoms with Gasteiger partial charge in [0.15, 0.2) is 0 Å². The van der Waals surface area contributed by atoms with Crippen LogP contribution in [-0.2, 0) is 13.9 Å². The standard InChI is InChI=1S/C5H11O6P/c1-5(2,7)3-4(6)11-12(8,9)10/h7H,3H2,1-2H3,(H2,8,9,10). The zero-order valence-electron chi connectivity index (χ0n) is 6.72. The van der Waals surface area contributed by atoms with Crippen LogP contribution in [0.15, 0.2) is 0 Å². The third-order valence-electron chi connectivity index (χ3n) is 0.798. The van der Waals surface area contributed by atoms with Gasteiger partial charge in [0.2, 0.25) is 0 Å². The minimum Gasteiger partial charge on any atom is -0.390 e. The zero-order chi connectivity index (χ0) is 9.99. The summed E-state index contributed by atoms with van der Waals surface area (Å²) in [7, 11) is -4.77. The second-order valence-corrected chi connectivity index (χ2v) is 4.11. The molecule has 12 heavy (non-hydrogen) atoms. The van der Waals surface area contributed by atoms with Gasteiger partial charge in [-0.15, -0.1) is 0 Å². The fourth-order valence-electron chi connectivity index (χ4n) is 0.518. The number of hydrogen-bond donors (Lipinski definition) is 3. The summed E-state index contributed by atoms with van der Waals surface area (Å²) in [5.74, 6) is -1.13. The number of phosphoric acid groups is 1. The molecular weight excluding hydrogens is 187 g/mol. The molecule has 0 aromatic rings. The molecule has 3 N–H and O–H groups in total. The Bertz CT molecular complexity index is 210. The molecule has 7 heteroatoms. The van der Waals surface area contributed by atoms with Crippen LogP contribution in [0.4, 0.5) is 0 Å². The number of carbonyl (C=O) groups is 1. The van der Waals surface area contributed by atoms with Crippen molar-refractivity contribution in [2.75, 3.05) is 0 Å². The fourth-order valence-corrected chi connectivity index (χ4v) is 0.848. The van der Waals surface area contributed by atoms with E-state index in [9.17, 15) is 9.36 Å². The Morgan fingerprint density at radius 3 is 2.17 bits per heavy atom. The lowest BCUT2D eigenvalue weighted by Gasteiger charge is -2.15. The van der Waals surface area contributed by atoms with Crippen LogP contribution in [0.3, 0.4) is 0 Å². The van der Waals surface area contributed by atoms with Gasteiger partial charge >= 0.3 is 13.8 Å². The first-order valence-corrected chi connectivity index (χ1v) is 4.63. The molecule has 0 aliphatic carbocycles. The van der Waals surface area contributed by atoms with Crippen molar-refractivity contribution in [3.63, 3.8) is 0 Å². The van der Waals surface area contributed by atoms with Gasteiger partial charge < -0.3 is 9.63 Å². The average molecular weight is 198 g/mol. The maximum Gasteiger partial charge on any atom is 0.526 e. The highest BCUT2D eigenvalue weighted by Gasteiger charge is 2.25. The molecule has 0 rings (SSSR count). The van der Waals surface area contributed by atoms with Gasteiger partial charge in [-0.2, -0.15) is 0 Å². The van der Waals surface area contributed by atoms with Gasteiger partial charge in [-0.1, -0.05) is 0 Å². The molecule has 72 valence electrons. The second kappa shape index (κ2) is 3.53. The van der Waals surface area contributed by atoms with Gasteiger partial charge in [-0.25, -0.2) is 4.57 Å². The largest absolute Gasteiger partial charge is 0.526 e. The van der Waals surface area contributed by atoms with Crippen molar-refractivity contribution in [3.05, 3.63) is 0 Å². The summed E-state index contributed by atoms with van der Waals surface area (Å²) in [6.45, 7) is 2.65. The lowest BCUT2D eigenvalue weighted by Crippen LogP contribution is -2.24. The fraction of sp³-hybridized carbons (Fsp3) is 0.800. The lowest BCUT2D eigenvalue weighted by atomic mass is 10.1. The summed E-state index contributed by atoms with van der Waals surface area (Å²) in [5, 5.41) is 9.03. The Morgan fingerprint density at radius 1 is 1.50 bits per heavy atom. The summed E-state index contributed by atoms with van der Waals surface area (Å²) < 4.78 is 13.8. The molecule has 0 radical (unpaired) electrons. The van der Waals surface area contributed by atoms with E-state index in [0.717, 1.165) is 0 Å². The molecular formula is C5H11O6P. The van der Waals surface area contributed by atoms with Crippen molar-refractivity contribution in [3.8, 4) is 0 Å². The van der Waals surface area contributed by atoms with Gasteiger partial charge in [0.05, 0.1) is 12.0 Å². The number of rotatable bonds is 3. The van der Waals surface area contributed by atoms with E-state index in [1.54, 1.807) is 0 Å². The van der Waals surface area contributed by atoms with Gasteiger partial charge in [-0.3, -0.25) is 14.6 Å². The van der Waals surface area contributed by atoms with E-state index < -0.39 is 25.8 Å². The summed E-state index contributed by atoms with van der Waals surface area (Å²) >= 11 is 0. The van der Waals surface area contributed by atoms with Crippen molar-refractivity contribution >= 4 is 13.8 Å². The van der Waals surface area contributed by atoms with E-state index in [4.69, 9.17) is 14.9 Å². The van der Waals surface area contributed by atoms with Crippen LogP contribution in [0.1, 0.15) is 20.3 Å². The number of phosphoric ester groups is 1. The summed E-state index contributed by atoms with van der Waals surface area (Å²) in [6.07, 6.45) is -0.460. The van der Waals surface area contributed by atoms with Gasteiger partial charge in [-0.05, 0) is 13.8 Å². The second-order valence-electron chi connectivity index (χ2n) is 2.94. The Hall–Kier alpha value is -0.420. The first kappa shape index (κ1) is 11.6. The first-order valence-electron chi connectivity index (χ1n) is 3.10. The number of carbonyl (C=O) groups excluding carboxylic acids is 1. The van der Waals surface area contributed by atoms with Crippen molar-refractivity contribution in [1.82, 2.24) is 0 Å². The molecule has 0 heterocycles. The Kier molecular flexibility index (Phi) is 3.41. The maximum absolute atomic E-state index is 10.6. The maximum atomic E-state index is 10.6. The van der Waals surface area contributed by atoms with Gasteiger partial charge in [0.25, 0.3) is 0 Å². The molecule has 0 aliphatic heterocycles. The van der Waals surface area contributed by atoms with Crippen LogP contribution in [0.5, 0.6) is 0 Å². The molecule has 0 unspecified atom stereocenters. The normalized spacial score (nSPS) is 12.8. The molecule has 0 saturated heterocycles. The third-order valence-corrected chi connectivity index (χ3v) is 1.24. The third kappa shape index (κ3) is 7.68. The highest BCUT2D eigenvalue weighted by atomic mass is 31.2. The van der Waals surface area contributed by atoms with E-state index in [0.29, 0.717) is 0 Å². The Labute approximate surface area is 69.4 Å². The molecule has 0 aromatic carbocycles. The average Bonchev–Trinajstić information content (AvgIpc) is 1.49. The first-order chi connectivity index (χ1) is 5.10. The zero-order valence-corrected chi connectivity index (χ0v) is 7.62. The van der Waals surface area contributed by atoms with E-state index in [2.05, 4.69) is 4.52 Å². The molecule has 0 aliphatic rings. The molecule has 0 saturated carbocycles. The Balaban J connectivity index is 4.01.